The van der Waals surface area contributed by atoms with Crippen molar-refractivity contribution in [3.63, 3.8) is 0 Å². The molecule has 1 rings (SSSR count). The molecule has 0 spiro atoms. The van der Waals surface area contributed by atoms with Crippen molar-refractivity contribution >= 4 is 18.0 Å². The normalized spacial score (nSPS) is 12.3. The Bertz CT molecular complexity index is 482. The van der Waals surface area contributed by atoms with E-state index in [2.05, 4.69) is 10.3 Å². The molecule has 2 N–H and O–H groups in total. The summed E-state index contributed by atoms with van der Waals surface area (Å²) in [4.78, 5) is 26.1. The number of carboxylic acids is 1. The molecule has 1 aromatic heterocycles. The predicted octanol–water partition coefficient (Wildman–Crippen LogP) is 1.33. The van der Waals surface area contributed by atoms with Crippen molar-refractivity contribution in [3.05, 3.63) is 35.7 Å². The zero-order chi connectivity index (χ0) is 15.0. The van der Waals surface area contributed by atoms with Crippen LogP contribution in [-0.4, -0.2) is 41.2 Å². The Balaban J connectivity index is 2.55. The molecule has 0 aliphatic rings. The predicted molar refractivity (Wildman–Crippen MR) is 74.3 cm³/mol. The van der Waals surface area contributed by atoms with Crippen molar-refractivity contribution in [1.82, 2.24) is 10.3 Å². The number of carbonyl (C=O) groups is 2. The van der Waals surface area contributed by atoms with E-state index in [-0.39, 0.29) is 17.7 Å². The van der Waals surface area contributed by atoms with Gasteiger partial charge in [0.25, 0.3) is 5.91 Å². The maximum atomic E-state index is 11.8. The minimum Gasteiger partial charge on any atom is -0.478 e. The Kier molecular flexibility index (Phi) is 6.39. The molecule has 0 saturated heterocycles. The Hall–Kier alpha value is -2.21. The second-order valence-corrected chi connectivity index (χ2v) is 4.12. The number of amides is 1. The molecule has 108 valence electrons. The lowest BCUT2D eigenvalue weighted by Gasteiger charge is -2.12. The van der Waals surface area contributed by atoms with Crippen molar-refractivity contribution < 1.29 is 19.4 Å². The van der Waals surface area contributed by atoms with Crippen molar-refractivity contribution in [2.75, 3.05) is 13.2 Å². The van der Waals surface area contributed by atoms with Gasteiger partial charge in [-0.25, -0.2) is 4.79 Å². The zero-order valence-electron chi connectivity index (χ0n) is 11.5. The maximum Gasteiger partial charge on any atom is 0.328 e. The van der Waals surface area contributed by atoms with Crippen LogP contribution in [0.2, 0.25) is 0 Å². The Morgan fingerprint density at radius 3 is 2.80 bits per heavy atom. The summed E-state index contributed by atoms with van der Waals surface area (Å²) in [6.07, 6.45) is 3.82. The number of rotatable bonds is 7. The monoisotopic (exact) mass is 278 g/mol. The molecular weight excluding hydrogens is 260 g/mol. The summed E-state index contributed by atoms with van der Waals surface area (Å²) in [5.74, 6) is -1.32. The quantitative estimate of drug-likeness (QED) is 0.735. The average Bonchev–Trinajstić information content (AvgIpc) is 2.43. The fraction of sp³-hybridized carbons (Fsp3) is 0.357. The molecule has 0 aromatic carbocycles. The number of carboxylic acid groups (broad SMARTS) is 1. The molecular formula is C14H18N2O4. The first kappa shape index (κ1) is 15.8. The Labute approximate surface area is 117 Å². The molecule has 1 heterocycles. The molecule has 1 aromatic rings. The van der Waals surface area contributed by atoms with Crippen LogP contribution in [0.5, 0.6) is 0 Å². The molecule has 0 saturated carbocycles. The fourth-order valence-corrected chi connectivity index (χ4v) is 1.48. The van der Waals surface area contributed by atoms with Crippen LogP contribution in [0.25, 0.3) is 6.08 Å². The highest BCUT2D eigenvalue weighted by molar-refractivity contribution is 5.92. The van der Waals surface area contributed by atoms with E-state index in [9.17, 15) is 9.59 Å². The first-order valence-electron chi connectivity index (χ1n) is 6.29. The maximum absolute atomic E-state index is 11.8. The van der Waals surface area contributed by atoms with Gasteiger partial charge in [0.15, 0.2) is 0 Å². The van der Waals surface area contributed by atoms with Crippen LogP contribution in [0.3, 0.4) is 0 Å². The van der Waals surface area contributed by atoms with Gasteiger partial charge in [-0.15, -0.1) is 0 Å². The van der Waals surface area contributed by atoms with Crippen LogP contribution in [0.1, 0.15) is 29.9 Å². The highest BCUT2D eigenvalue weighted by atomic mass is 16.5. The standard InChI is InChI=1S/C14H18N2O4/c1-3-20-10(2)8-16-14(19)12-6-4-11(9-15-12)5-7-13(17)18/h4-7,9-10H,3,8H2,1-2H3,(H,16,19)(H,17,18)/b7-5+. The first-order valence-corrected chi connectivity index (χ1v) is 6.29. The van der Waals surface area contributed by atoms with E-state index in [0.29, 0.717) is 18.7 Å². The summed E-state index contributed by atoms with van der Waals surface area (Å²) in [6.45, 7) is 4.77. The number of aliphatic carboxylic acids is 1. The van der Waals surface area contributed by atoms with Gasteiger partial charge in [0.05, 0.1) is 6.10 Å². The molecule has 20 heavy (non-hydrogen) atoms. The van der Waals surface area contributed by atoms with Crippen molar-refractivity contribution in [1.29, 1.82) is 0 Å². The number of pyridine rings is 1. The second-order valence-electron chi connectivity index (χ2n) is 4.12. The molecule has 0 radical (unpaired) electrons. The van der Waals surface area contributed by atoms with Gasteiger partial charge in [0.1, 0.15) is 5.69 Å². The van der Waals surface area contributed by atoms with Crippen LogP contribution < -0.4 is 5.32 Å². The van der Waals surface area contributed by atoms with Crippen LogP contribution in [0.4, 0.5) is 0 Å². The molecule has 0 bridgehead atoms. The van der Waals surface area contributed by atoms with Gasteiger partial charge in [-0.1, -0.05) is 6.07 Å². The number of ether oxygens (including phenoxy) is 1. The molecule has 1 unspecified atom stereocenters. The number of aromatic nitrogens is 1. The van der Waals surface area contributed by atoms with Crippen LogP contribution in [0, 0.1) is 0 Å². The topological polar surface area (TPSA) is 88.5 Å². The lowest BCUT2D eigenvalue weighted by atomic mass is 10.2. The van der Waals surface area contributed by atoms with Gasteiger partial charge >= 0.3 is 5.97 Å². The summed E-state index contributed by atoms with van der Waals surface area (Å²) < 4.78 is 5.30. The van der Waals surface area contributed by atoms with E-state index in [4.69, 9.17) is 9.84 Å². The Morgan fingerprint density at radius 1 is 1.50 bits per heavy atom. The summed E-state index contributed by atoms with van der Waals surface area (Å²) >= 11 is 0. The summed E-state index contributed by atoms with van der Waals surface area (Å²) in [5, 5.41) is 11.2. The van der Waals surface area contributed by atoms with Crippen molar-refractivity contribution in [2.24, 2.45) is 0 Å². The molecule has 0 aliphatic carbocycles. The second kappa shape index (κ2) is 8.06. The van der Waals surface area contributed by atoms with Gasteiger partial charge in [-0.3, -0.25) is 9.78 Å². The molecule has 1 atom stereocenters. The van der Waals surface area contributed by atoms with Gasteiger partial charge in [0, 0.05) is 25.4 Å². The zero-order valence-corrected chi connectivity index (χ0v) is 11.5. The number of hydrogen-bond acceptors (Lipinski definition) is 4. The van der Waals surface area contributed by atoms with Crippen LogP contribution in [0.15, 0.2) is 24.4 Å². The number of nitrogens with one attached hydrogen (secondary N) is 1. The summed E-state index contributed by atoms with van der Waals surface area (Å²) in [6, 6.07) is 3.18. The van der Waals surface area contributed by atoms with E-state index >= 15 is 0 Å². The smallest absolute Gasteiger partial charge is 0.328 e. The van der Waals surface area contributed by atoms with E-state index in [1.165, 1.54) is 12.3 Å². The summed E-state index contributed by atoms with van der Waals surface area (Å²) in [5.41, 5.74) is 0.896. The van der Waals surface area contributed by atoms with Crippen molar-refractivity contribution in [2.45, 2.75) is 20.0 Å². The SMILES string of the molecule is CCOC(C)CNC(=O)c1ccc(/C=C/C(=O)O)cn1. The van der Waals surface area contributed by atoms with Gasteiger partial charge in [0.2, 0.25) is 0 Å². The largest absolute Gasteiger partial charge is 0.478 e. The summed E-state index contributed by atoms with van der Waals surface area (Å²) in [7, 11) is 0. The number of nitrogens with zero attached hydrogens (tertiary/aromatic N) is 1. The Morgan fingerprint density at radius 2 is 2.25 bits per heavy atom. The molecule has 6 heteroatoms. The lowest BCUT2D eigenvalue weighted by Crippen LogP contribution is -2.32. The minimum atomic E-state index is -1.03. The number of carbonyl (C=O) groups excluding carboxylic acids is 1. The van der Waals surface area contributed by atoms with Crippen molar-refractivity contribution in [3.8, 4) is 0 Å². The van der Waals surface area contributed by atoms with Crippen LogP contribution >= 0.6 is 0 Å². The lowest BCUT2D eigenvalue weighted by molar-refractivity contribution is -0.131. The van der Waals surface area contributed by atoms with Crippen LogP contribution in [-0.2, 0) is 9.53 Å². The third-order valence-electron chi connectivity index (χ3n) is 2.44. The average molecular weight is 278 g/mol. The van der Waals surface area contributed by atoms with Gasteiger partial charge in [-0.05, 0) is 31.6 Å². The van der Waals surface area contributed by atoms with E-state index in [1.807, 2.05) is 13.8 Å². The minimum absolute atomic E-state index is 0.0540. The molecule has 6 nitrogen and oxygen atoms in total. The van der Waals surface area contributed by atoms with E-state index in [1.54, 1.807) is 12.1 Å². The fourth-order valence-electron chi connectivity index (χ4n) is 1.48. The van der Waals surface area contributed by atoms with E-state index in [0.717, 1.165) is 6.08 Å². The highest BCUT2D eigenvalue weighted by Gasteiger charge is 2.08. The third-order valence-corrected chi connectivity index (χ3v) is 2.44. The molecule has 1 amide bonds. The third kappa shape index (κ3) is 5.62. The highest BCUT2D eigenvalue weighted by Crippen LogP contribution is 2.03. The first-order chi connectivity index (χ1) is 9.52. The number of hydrogen-bond donors (Lipinski definition) is 2. The van der Waals surface area contributed by atoms with Gasteiger partial charge in [-0.2, -0.15) is 0 Å². The van der Waals surface area contributed by atoms with Gasteiger partial charge < -0.3 is 15.2 Å². The molecule has 0 fully saturated rings. The molecule has 0 aliphatic heterocycles. The van der Waals surface area contributed by atoms with E-state index < -0.39 is 5.97 Å².